The lowest BCUT2D eigenvalue weighted by molar-refractivity contribution is -0.141. The van der Waals surface area contributed by atoms with E-state index in [9.17, 15) is 18.0 Å². The van der Waals surface area contributed by atoms with Crippen molar-refractivity contribution in [3.8, 4) is 5.75 Å². The fourth-order valence-electron chi connectivity index (χ4n) is 4.04. The molecule has 8 nitrogen and oxygen atoms in total. The fraction of sp³-hybridized carbons (Fsp3) is 0.500. The minimum absolute atomic E-state index is 0.00634. The molecule has 204 valence electrons. The lowest BCUT2D eigenvalue weighted by Crippen LogP contribution is -2.50. The molecule has 0 aliphatic heterocycles. The number of nitrogens with one attached hydrogen (secondary N) is 1. The first-order valence-corrected chi connectivity index (χ1v) is 14.6. The molecule has 0 saturated heterocycles. The Kier molecular flexibility index (Phi) is 11.4. The van der Waals surface area contributed by atoms with E-state index >= 15 is 0 Å². The van der Waals surface area contributed by atoms with Crippen molar-refractivity contribution in [2.75, 3.05) is 24.2 Å². The van der Waals surface area contributed by atoms with E-state index in [2.05, 4.69) is 5.32 Å². The minimum Gasteiger partial charge on any atom is -0.497 e. The largest absolute Gasteiger partial charge is 0.497 e. The van der Waals surface area contributed by atoms with Crippen LogP contribution in [0.2, 0.25) is 0 Å². The Bertz CT molecular complexity index is 1130. The molecule has 0 aliphatic rings. The van der Waals surface area contributed by atoms with Gasteiger partial charge in [-0.05, 0) is 62.9 Å². The number of hydrogen-bond donors (Lipinski definition) is 1. The molecule has 0 aromatic heterocycles. The average Bonchev–Trinajstić information content (AvgIpc) is 2.86. The molecule has 1 N–H and O–H groups in total. The Morgan fingerprint density at radius 3 is 2.30 bits per heavy atom. The van der Waals surface area contributed by atoms with Gasteiger partial charge in [-0.1, -0.05) is 43.7 Å². The Hall–Kier alpha value is -3.07. The number of benzene rings is 2. The molecule has 0 saturated carbocycles. The van der Waals surface area contributed by atoms with E-state index in [-0.39, 0.29) is 37.4 Å². The molecule has 2 aromatic carbocycles. The maximum atomic E-state index is 13.5. The molecule has 2 aromatic rings. The molecule has 0 spiro atoms. The second-order valence-electron chi connectivity index (χ2n) is 9.39. The number of amides is 2. The number of ether oxygens (including phenoxy) is 1. The Morgan fingerprint density at radius 1 is 1.05 bits per heavy atom. The number of carbonyl (C=O) groups is 2. The third-order valence-corrected chi connectivity index (χ3v) is 7.54. The van der Waals surface area contributed by atoms with Crippen molar-refractivity contribution in [2.45, 2.75) is 72.0 Å². The van der Waals surface area contributed by atoms with Gasteiger partial charge in [-0.25, -0.2) is 8.42 Å². The number of aryl methyl sites for hydroxylation is 1. The van der Waals surface area contributed by atoms with Gasteiger partial charge in [-0.3, -0.25) is 13.9 Å². The van der Waals surface area contributed by atoms with Crippen molar-refractivity contribution in [1.29, 1.82) is 0 Å². The second-order valence-corrected chi connectivity index (χ2v) is 11.3. The molecule has 2 unspecified atom stereocenters. The van der Waals surface area contributed by atoms with Crippen molar-refractivity contribution < 1.29 is 22.7 Å². The van der Waals surface area contributed by atoms with Gasteiger partial charge in [0.25, 0.3) is 0 Å². The average molecular weight is 532 g/mol. The number of nitrogens with zero attached hydrogens (tertiary/aromatic N) is 2. The van der Waals surface area contributed by atoms with Gasteiger partial charge in [0.2, 0.25) is 21.8 Å². The zero-order valence-electron chi connectivity index (χ0n) is 22.9. The van der Waals surface area contributed by atoms with Gasteiger partial charge in [0.15, 0.2) is 0 Å². The topological polar surface area (TPSA) is 96.0 Å². The van der Waals surface area contributed by atoms with Crippen molar-refractivity contribution >= 4 is 27.5 Å². The standard InChI is InChI=1S/C28H41N3O5S/c1-7-22(4)29-28(33)26(8-2)30(20-23-11-9-12-25(19-23)36-5)27(32)13-10-18-31(37(6,34)35)24-16-14-21(3)15-17-24/h9,11-12,14-17,19,22,26H,7-8,10,13,18,20H2,1-6H3,(H,29,33). The smallest absolute Gasteiger partial charge is 0.243 e. The summed E-state index contributed by atoms with van der Waals surface area (Å²) in [6.45, 7) is 8.16. The zero-order valence-corrected chi connectivity index (χ0v) is 23.7. The zero-order chi connectivity index (χ0) is 27.6. The predicted octanol–water partition coefficient (Wildman–Crippen LogP) is 4.27. The highest BCUT2D eigenvalue weighted by Gasteiger charge is 2.29. The first-order chi connectivity index (χ1) is 17.5. The van der Waals surface area contributed by atoms with Crippen LogP contribution in [0.4, 0.5) is 5.69 Å². The fourth-order valence-corrected chi connectivity index (χ4v) is 5.01. The van der Waals surface area contributed by atoms with E-state index in [1.54, 1.807) is 24.1 Å². The number of hydrogen-bond acceptors (Lipinski definition) is 5. The van der Waals surface area contributed by atoms with Crippen LogP contribution in [-0.4, -0.2) is 57.1 Å². The normalized spacial score (nSPS) is 12.9. The summed E-state index contributed by atoms with van der Waals surface area (Å²) < 4.78 is 31.6. The molecule has 0 bridgehead atoms. The first-order valence-electron chi connectivity index (χ1n) is 12.8. The van der Waals surface area contributed by atoms with Crippen molar-refractivity contribution in [1.82, 2.24) is 10.2 Å². The lowest BCUT2D eigenvalue weighted by Gasteiger charge is -2.32. The summed E-state index contributed by atoms with van der Waals surface area (Å²) in [5.41, 5.74) is 2.44. The van der Waals surface area contributed by atoms with Gasteiger partial charge < -0.3 is 15.0 Å². The Balaban J connectivity index is 2.24. The minimum atomic E-state index is -3.53. The van der Waals surface area contributed by atoms with Crippen LogP contribution >= 0.6 is 0 Å². The quantitative estimate of drug-likeness (QED) is 0.393. The summed E-state index contributed by atoms with van der Waals surface area (Å²) >= 11 is 0. The van der Waals surface area contributed by atoms with Crippen LogP contribution in [0.5, 0.6) is 5.75 Å². The number of anilines is 1. The molecule has 9 heteroatoms. The predicted molar refractivity (Wildman–Crippen MR) is 148 cm³/mol. The highest BCUT2D eigenvalue weighted by atomic mass is 32.2. The van der Waals surface area contributed by atoms with Gasteiger partial charge in [0, 0.05) is 25.6 Å². The van der Waals surface area contributed by atoms with Crippen LogP contribution in [0.25, 0.3) is 0 Å². The van der Waals surface area contributed by atoms with Crippen molar-refractivity contribution in [3.63, 3.8) is 0 Å². The third kappa shape index (κ3) is 9.07. The number of methoxy groups -OCH3 is 1. The van der Waals surface area contributed by atoms with Crippen LogP contribution in [0.15, 0.2) is 48.5 Å². The highest BCUT2D eigenvalue weighted by molar-refractivity contribution is 7.92. The van der Waals surface area contributed by atoms with Gasteiger partial charge in [-0.15, -0.1) is 0 Å². The summed E-state index contributed by atoms with van der Waals surface area (Å²) in [6.07, 6.45) is 2.83. The molecule has 2 amide bonds. The van der Waals surface area contributed by atoms with E-state index in [4.69, 9.17) is 4.74 Å². The summed E-state index contributed by atoms with van der Waals surface area (Å²) in [5.74, 6) is 0.278. The highest BCUT2D eigenvalue weighted by Crippen LogP contribution is 2.21. The van der Waals surface area contributed by atoms with Crippen LogP contribution in [0, 0.1) is 6.92 Å². The SMILES string of the molecule is CCC(C)NC(=O)C(CC)N(Cc1cccc(OC)c1)C(=O)CCCN(c1ccc(C)cc1)S(C)(=O)=O. The van der Waals surface area contributed by atoms with Gasteiger partial charge in [0.05, 0.1) is 19.1 Å². The molecule has 37 heavy (non-hydrogen) atoms. The summed E-state index contributed by atoms with van der Waals surface area (Å²) in [5, 5.41) is 3.00. The lowest BCUT2D eigenvalue weighted by atomic mass is 10.1. The molecule has 0 heterocycles. The molecule has 0 aliphatic carbocycles. The summed E-state index contributed by atoms with van der Waals surface area (Å²) in [7, 11) is -1.94. The molecular weight excluding hydrogens is 490 g/mol. The van der Waals surface area contributed by atoms with E-state index < -0.39 is 16.1 Å². The monoisotopic (exact) mass is 531 g/mol. The van der Waals surface area contributed by atoms with E-state index in [1.165, 1.54) is 4.31 Å². The van der Waals surface area contributed by atoms with E-state index in [0.717, 1.165) is 23.8 Å². The molecule has 2 atom stereocenters. The number of rotatable bonds is 14. The maximum absolute atomic E-state index is 13.5. The van der Waals surface area contributed by atoms with Gasteiger partial charge >= 0.3 is 0 Å². The van der Waals surface area contributed by atoms with Gasteiger partial charge in [0.1, 0.15) is 11.8 Å². The second kappa shape index (κ2) is 14.0. The molecule has 2 rings (SSSR count). The summed E-state index contributed by atoms with van der Waals surface area (Å²) in [6, 6.07) is 14.0. The third-order valence-electron chi connectivity index (χ3n) is 6.35. The molecular formula is C28H41N3O5S. The van der Waals surface area contributed by atoms with Crippen LogP contribution in [0.3, 0.4) is 0 Å². The van der Waals surface area contributed by atoms with E-state index in [1.807, 2.05) is 64.1 Å². The number of carbonyl (C=O) groups excluding carboxylic acids is 2. The van der Waals surface area contributed by atoms with E-state index in [0.29, 0.717) is 24.3 Å². The van der Waals surface area contributed by atoms with Crippen LogP contribution in [-0.2, 0) is 26.2 Å². The Morgan fingerprint density at radius 2 is 1.73 bits per heavy atom. The van der Waals surface area contributed by atoms with Crippen LogP contribution in [0.1, 0.15) is 57.6 Å². The van der Waals surface area contributed by atoms with Gasteiger partial charge in [-0.2, -0.15) is 0 Å². The molecule has 0 radical (unpaired) electrons. The van der Waals surface area contributed by atoms with Crippen LogP contribution < -0.4 is 14.4 Å². The molecule has 0 fully saturated rings. The number of sulfonamides is 1. The summed E-state index contributed by atoms with van der Waals surface area (Å²) in [4.78, 5) is 28.2. The first kappa shape index (κ1) is 30.2. The Labute approximate surface area is 222 Å². The van der Waals surface area contributed by atoms with Crippen molar-refractivity contribution in [3.05, 3.63) is 59.7 Å². The maximum Gasteiger partial charge on any atom is 0.243 e. The van der Waals surface area contributed by atoms with Crippen molar-refractivity contribution in [2.24, 2.45) is 0 Å².